The summed E-state index contributed by atoms with van der Waals surface area (Å²) in [5.74, 6) is 0.791. The molecule has 0 unspecified atom stereocenters. The molecule has 1 heterocycles. The van der Waals surface area contributed by atoms with Crippen LogP contribution in [0.4, 0.5) is 5.69 Å². The van der Waals surface area contributed by atoms with Gasteiger partial charge < -0.3 is 10.5 Å². The van der Waals surface area contributed by atoms with Gasteiger partial charge in [0, 0.05) is 19.1 Å². The smallest absolute Gasteiger partial charge is 0.142 e. The van der Waals surface area contributed by atoms with Gasteiger partial charge in [-0.3, -0.25) is 4.90 Å². The molecule has 1 aliphatic rings. The van der Waals surface area contributed by atoms with Crippen molar-refractivity contribution in [3.05, 3.63) is 23.3 Å². The molecule has 0 saturated carbocycles. The summed E-state index contributed by atoms with van der Waals surface area (Å²) in [7, 11) is 1.66. The summed E-state index contributed by atoms with van der Waals surface area (Å²) in [6, 6.07) is 4.67. The molecule has 15 heavy (non-hydrogen) atoms. The minimum atomic E-state index is 0.574. The van der Waals surface area contributed by atoms with E-state index in [9.17, 15) is 0 Å². The lowest BCUT2D eigenvalue weighted by molar-refractivity contribution is 0.227. The van der Waals surface area contributed by atoms with Gasteiger partial charge in [0.05, 0.1) is 12.8 Å². The fraction of sp³-hybridized carbons (Fsp3) is 0.500. The van der Waals surface area contributed by atoms with Crippen molar-refractivity contribution in [2.45, 2.75) is 33.0 Å². The highest BCUT2D eigenvalue weighted by atomic mass is 16.5. The predicted molar refractivity (Wildman–Crippen MR) is 61.8 cm³/mol. The van der Waals surface area contributed by atoms with Crippen LogP contribution in [0, 0.1) is 0 Å². The van der Waals surface area contributed by atoms with Crippen molar-refractivity contribution in [1.29, 1.82) is 0 Å². The van der Waals surface area contributed by atoms with Gasteiger partial charge in [-0.2, -0.15) is 0 Å². The Labute approximate surface area is 90.8 Å². The summed E-state index contributed by atoms with van der Waals surface area (Å²) in [5.41, 5.74) is 9.30. The van der Waals surface area contributed by atoms with Crippen LogP contribution in [0.5, 0.6) is 5.75 Å². The summed E-state index contributed by atoms with van der Waals surface area (Å²) in [6.07, 6.45) is 0. The number of hydrogen-bond donors (Lipinski definition) is 1. The van der Waals surface area contributed by atoms with Crippen LogP contribution in [0.25, 0.3) is 0 Å². The van der Waals surface area contributed by atoms with Crippen molar-refractivity contribution in [2.75, 3.05) is 12.8 Å². The largest absolute Gasteiger partial charge is 0.495 e. The lowest BCUT2D eigenvalue weighted by atomic mass is 10.1. The predicted octanol–water partition coefficient (Wildman–Crippen LogP) is 2.00. The highest BCUT2D eigenvalue weighted by molar-refractivity contribution is 5.57. The van der Waals surface area contributed by atoms with Gasteiger partial charge in [-0.25, -0.2) is 0 Å². The molecular formula is C12H18N2O. The van der Waals surface area contributed by atoms with E-state index >= 15 is 0 Å². The third-order valence-electron chi connectivity index (χ3n) is 3.03. The van der Waals surface area contributed by atoms with E-state index in [1.54, 1.807) is 7.11 Å². The van der Waals surface area contributed by atoms with E-state index in [4.69, 9.17) is 10.5 Å². The monoisotopic (exact) mass is 206 g/mol. The summed E-state index contributed by atoms with van der Waals surface area (Å²) in [5, 5.41) is 0. The number of hydrogen-bond acceptors (Lipinski definition) is 3. The first-order chi connectivity index (χ1) is 7.11. The van der Waals surface area contributed by atoms with E-state index < -0.39 is 0 Å². The molecule has 1 aliphatic heterocycles. The van der Waals surface area contributed by atoms with E-state index in [-0.39, 0.29) is 0 Å². The van der Waals surface area contributed by atoms with Crippen molar-refractivity contribution in [3.8, 4) is 5.75 Å². The number of nitrogen functional groups attached to an aromatic ring is 1. The van der Waals surface area contributed by atoms with Crippen molar-refractivity contribution in [2.24, 2.45) is 0 Å². The van der Waals surface area contributed by atoms with Crippen molar-refractivity contribution < 1.29 is 4.74 Å². The lowest BCUT2D eigenvalue weighted by Gasteiger charge is -2.18. The Bertz CT molecular complexity index is 374. The molecule has 0 fully saturated rings. The maximum Gasteiger partial charge on any atom is 0.142 e. The van der Waals surface area contributed by atoms with Crippen LogP contribution < -0.4 is 10.5 Å². The fourth-order valence-electron chi connectivity index (χ4n) is 2.02. The van der Waals surface area contributed by atoms with Gasteiger partial charge in [0.15, 0.2) is 0 Å². The molecule has 1 aromatic rings. The molecule has 0 atom stereocenters. The highest BCUT2D eigenvalue weighted by Gasteiger charge is 2.22. The first-order valence-corrected chi connectivity index (χ1v) is 5.31. The molecule has 0 aliphatic carbocycles. The topological polar surface area (TPSA) is 38.5 Å². The molecule has 0 amide bonds. The zero-order valence-corrected chi connectivity index (χ0v) is 9.58. The minimum absolute atomic E-state index is 0.574. The van der Waals surface area contributed by atoms with Crippen LogP contribution >= 0.6 is 0 Å². The first-order valence-electron chi connectivity index (χ1n) is 5.31. The SMILES string of the molecule is COc1cc2c(cc1N)CN(C(C)C)C2. The molecule has 2 rings (SSSR count). The third kappa shape index (κ3) is 1.79. The first kappa shape index (κ1) is 10.3. The average Bonchev–Trinajstić information content (AvgIpc) is 2.59. The van der Waals surface area contributed by atoms with Gasteiger partial charge in [0.2, 0.25) is 0 Å². The highest BCUT2D eigenvalue weighted by Crippen LogP contribution is 2.32. The standard InChI is InChI=1S/C12H18N2O/c1-8(2)14-6-9-4-11(13)12(15-3)5-10(9)7-14/h4-5,8H,6-7,13H2,1-3H3. The summed E-state index contributed by atoms with van der Waals surface area (Å²) in [4.78, 5) is 2.42. The second-order valence-electron chi connectivity index (χ2n) is 4.36. The zero-order chi connectivity index (χ0) is 11.0. The van der Waals surface area contributed by atoms with E-state index in [1.165, 1.54) is 11.1 Å². The maximum absolute atomic E-state index is 5.88. The quantitative estimate of drug-likeness (QED) is 0.752. The number of anilines is 1. The Morgan fingerprint density at radius 1 is 1.27 bits per heavy atom. The Morgan fingerprint density at radius 3 is 2.40 bits per heavy atom. The molecule has 82 valence electrons. The molecule has 2 N–H and O–H groups in total. The number of rotatable bonds is 2. The fourth-order valence-corrected chi connectivity index (χ4v) is 2.02. The van der Waals surface area contributed by atoms with Crippen molar-refractivity contribution in [1.82, 2.24) is 4.90 Å². The second-order valence-corrected chi connectivity index (χ2v) is 4.36. The number of nitrogens with zero attached hydrogens (tertiary/aromatic N) is 1. The molecule has 3 nitrogen and oxygen atoms in total. The Balaban J connectivity index is 2.31. The number of fused-ring (bicyclic) bond motifs is 1. The molecule has 0 aromatic heterocycles. The molecule has 1 aromatic carbocycles. The van der Waals surface area contributed by atoms with Gasteiger partial charge in [0.1, 0.15) is 5.75 Å². The average molecular weight is 206 g/mol. The van der Waals surface area contributed by atoms with E-state index in [0.717, 1.165) is 24.5 Å². The van der Waals surface area contributed by atoms with Gasteiger partial charge >= 0.3 is 0 Å². The van der Waals surface area contributed by atoms with Crippen molar-refractivity contribution in [3.63, 3.8) is 0 Å². The van der Waals surface area contributed by atoms with Crippen LogP contribution in [-0.4, -0.2) is 18.1 Å². The third-order valence-corrected chi connectivity index (χ3v) is 3.03. The molecule has 0 spiro atoms. The normalized spacial score (nSPS) is 15.7. The molecule has 3 heteroatoms. The number of nitrogens with two attached hydrogens (primary N) is 1. The Morgan fingerprint density at radius 2 is 1.87 bits per heavy atom. The minimum Gasteiger partial charge on any atom is -0.495 e. The molecule has 0 bridgehead atoms. The van der Waals surface area contributed by atoms with E-state index in [1.807, 2.05) is 6.07 Å². The summed E-state index contributed by atoms with van der Waals surface area (Å²) >= 11 is 0. The Hall–Kier alpha value is -1.22. The molecule has 0 radical (unpaired) electrons. The maximum atomic E-state index is 5.88. The van der Waals surface area contributed by atoms with E-state index in [2.05, 4.69) is 24.8 Å². The van der Waals surface area contributed by atoms with Gasteiger partial charge in [-0.05, 0) is 37.1 Å². The number of ether oxygens (including phenoxy) is 1. The van der Waals surface area contributed by atoms with Crippen molar-refractivity contribution >= 4 is 5.69 Å². The van der Waals surface area contributed by atoms with Crippen LogP contribution in [-0.2, 0) is 13.1 Å². The van der Waals surface area contributed by atoms with Gasteiger partial charge in [-0.1, -0.05) is 0 Å². The molecule has 0 saturated heterocycles. The number of methoxy groups -OCH3 is 1. The Kier molecular flexibility index (Phi) is 2.57. The van der Waals surface area contributed by atoms with Crippen LogP contribution in [0.1, 0.15) is 25.0 Å². The zero-order valence-electron chi connectivity index (χ0n) is 9.58. The summed E-state index contributed by atoms with van der Waals surface area (Å²) < 4.78 is 5.22. The lowest BCUT2D eigenvalue weighted by Crippen LogP contribution is -2.24. The second kappa shape index (κ2) is 3.74. The van der Waals surface area contributed by atoms with Gasteiger partial charge in [0.25, 0.3) is 0 Å². The van der Waals surface area contributed by atoms with Crippen LogP contribution in [0.2, 0.25) is 0 Å². The van der Waals surface area contributed by atoms with Gasteiger partial charge in [-0.15, -0.1) is 0 Å². The molecular weight excluding hydrogens is 188 g/mol. The van der Waals surface area contributed by atoms with E-state index in [0.29, 0.717) is 6.04 Å². The summed E-state index contributed by atoms with van der Waals surface area (Å²) in [6.45, 7) is 6.43. The van der Waals surface area contributed by atoms with Crippen LogP contribution in [0.15, 0.2) is 12.1 Å². The van der Waals surface area contributed by atoms with Crippen LogP contribution in [0.3, 0.4) is 0 Å². The number of benzene rings is 1.